The van der Waals surface area contributed by atoms with Crippen LogP contribution in [0.3, 0.4) is 0 Å². The Morgan fingerprint density at radius 2 is 1.73 bits per heavy atom. The molecule has 7 heteroatoms. The molecule has 1 aliphatic rings. The van der Waals surface area contributed by atoms with Gasteiger partial charge < -0.3 is 9.84 Å². The molecule has 3 aromatic carbocycles. The van der Waals surface area contributed by atoms with Gasteiger partial charge >= 0.3 is 5.97 Å². The second kappa shape index (κ2) is 10.0. The van der Waals surface area contributed by atoms with Gasteiger partial charge in [0.1, 0.15) is 16.7 Å². The lowest BCUT2D eigenvalue weighted by Crippen LogP contribution is -2.37. The molecule has 0 bridgehead atoms. The highest BCUT2D eigenvalue weighted by Gasteiger charge is 2.41. The first-order valence-electron chi connectivity index (χ1n) is 10.3. The van der Waals surface area contributed by atoms with Gasteiger partial charge in [0.2, 0.25) is 0 Å². The topological polar surface area (TPSA) is 66.8 Å². The molecular formula is C26H21NO4S2. The Morgan fingerprint density at radius 3 is 2.42 bits per heavy atom. The fraction of sp³-hybridized carbons (Fsp3) is 0.115. The molecule has 1 N–H and O–H groups in total. The van der Waals surface area contributed by atoms with Gasteiger partial charge in [-0.25, -0.2) is 4.79 Å². The average molecular weight is 476 g/mol. The van der Waals surface area contributed by atoms with Crippen LogP contribution in [0, 0.1) is 6.92 Å². The van der Waals surface area contributed by atoms with Crippen LogP contribution in [-0.2, 0) is 16.2 Å². The Balaban J connectivity index is 1.59. The summed E-state index contributed by atoms with van der Waals surface area (Å²) in [6, 6.07) is 22.9. The number of aryl methyl sites for hydroxylation is 1. The van der Waals surface area contributed by atoms with Crippen molar-refractivity contribution < 1.29 is 19.4 Å². The number of carboxylic acids is 1. The number of ether oxygens (including phenoxy) is 1. The van der Waals surface area contributed by atoms with Gasteiger partial charge in [-0.15, -0.1) is 0 Å². The minimum absolute atomic E-state index is 0.209. The zero-order chi connectivity index (χ0) is 23.4. The summed E-state index contributed by atoms with van der Waals surface area (Å²) in [6.45, 7) is 2.42. The van der Waals surface area contributed by atoms with E-state index in [9.17, 15) is 14.7 Å². The minimum atomic E-state index is -1.18. The van der Waals surface area contributed by atoms with Crippen molar-refractivity contribution in [3.8, 4) is 5.75 Å². The fourth-order valence-corrected chi connectivity index (χ4v) is 4.76. The van der Waals surface area contributed by atoms with Crippen LogP contribution in [0.4, 0.5) is 0 Å². The summed E-state index contributed by atoms with van der Waals surface area (Å²) in [4.78, 5) is 26.8. The van der Waals surface area contributed by atoms with Gasteiger partial charge in [-0.1, -0.05) is 102 Å². The van der Waals surface area contributed by atoms with Gasteiger partial charge in [0.25, 0.3) is 5.91 Å². The number of carbonyl (C=O) groups is 2. The van der Waals surface area contributed by atoms with Gasteiger partial charge in [0.15, 0.2) is 6.04 Å². The molecule has 1 fully saturated rings. The Bertz CT molecular complexity index is 1220. The minimum Gasteiger partial charge on any atom is -0.488 e. The van der Waals surface area contributed by atoms with E-state index < -0.39 is 17.9 Å². The van der Waals surface area contributed by atoms with Gasteiger partial charge in [0, 0.05) is 5.56 Å². The molecule has 0 aromatic heterocycles. The molecule has 0 unspecified atom stereocenters. The predicted molar refractivity (Wildman–Crippen MR) is 134 cm³/mol. The highest BCUT2D eigenvalue weighted by atomic mass is 32.2. The molecule has 0 spiro atoms. The molecule has 0 saturated carbocycles. The standard InChI is InChI=1S/C26H21NO4S2/c1-17-11-13-18(14-12-17)16-31-21-10-6-5-9-20(21)15-22-24(28)27(26(32)33-22)23(25(29)30)19-7-3-2-4-8-19/h2-15,23H,16H2,1H3,(H,29,30)/b22-15-/t23-/m0/s1. The quantitative estimate of drug-likeness (QED) is 0.354. The van der Waals surface area contributed by atoms with Crippen molar-refractivity contribution in [3.63, 3.8) is 0 Å². The Hall–Kier alpha value is -3.42. The Morgan fingerprint density at radius 1 is 1.06 bits per heavy atom. The smallest absolute Gasteiger partial charge is 0.331 e. The molecule has 1 aliphatic heterocycles. The zero-order valence-corrected chi connectivity index (χ0v) is 19.4. The SMILES string of the molecule is Cc1ccc(COc2ccccc2/C=C2\SC(=S)N([C@H](C(=O)O)c3ccccc3)C2=O)cc1. The van der Waals surface area contributed by atoms with Crippen molar-refractivity contribution in [3.05, 3.63) is 106 Å². The van der Waals surface area contributed by atoms with Crippen molar-refractivity contribution in [1.29, 1.82) is 0 Å². The lowest BCUT2D eigenvalue weighted by atomic mass is 10.1. The summed E-state index contributed by atoms with van der Waals surface area (Å²) >= 11 is 6.49. The Labute approximate surface area is 201 Å². The summed E-state index contributed by atoms with van der Waals surface area (Å²) in [5.74, 6) is -0.948. The number of thiocarbonyl (C=S) groups is 1. The third kappa shape index (κ3) is 5.16. The third-order valence-corrected chi connectivity index (χ3v) is 6.48. The summed E-state index contributed by atoms with van der Waals surface area (Å²) < 4.78 is 6.22. The van der Waals surface area contributed by atoms with Crippen LogP contribution in [0.1, 0.15) is 28.3 Å². The number of para-hydroxylation sites is 1. The molecule has 0 radical (unpaired) electrons. The van der Waals surface area contributed by atoms with E-state index in [4.69, 9.17) is 17.0 Å². The molecule has 3 aromatic rings. The molecule has 1 heterocycles. The number of carboxylic acid groups (broad SMARTS) is 1. The summed E-state index contributed by atoms with van der Waals surface area (Å²) in [5.41, 5.74) is 3.42. The van der Waals surface area contributed by atoms with E-state index in [1.807, 2.05) is 55.5 Å². The lowest BCUT2D eigenvalue weighted by molar-refractivity contribution is -0.145. The van der Waals surface area contributed by atoms with Crippen molar-refractivity contribution in [2.24, 2.45) is 0 Å². The number of benzene rings is 3. The van der Waals surface area contributed by atoms with Crippen LogP contribution in [0.15, 0.2) is 83.8 Å². The van der Waals surface area contributed by atoms with E-state index in [1.165, 1.54) is 10.5 Å². The number of hydrogen-bond donors (Lipinski definition) is 1. The van der Waals surface area contributed by atoms with Crippen LogP contribution in [-0.4, -0.2) is 26.2 Å². The first-order chi connectivity index (χ1) is 15.9. The number of hydrogen-bond acceptors (Lipinski definition) is 5. The van der Waals surface area contributed by atoms with E-state index >= 15 is 0 Å². The van der Waals surface area contributed by atoms with Crippen LogP contribution < -0.4 is 4.74 Å². The lowest BCUT2D eigenvalue weighted by Gasteiger charge is -2.23. The molecule has 0 aliphatic carbocycles. The average Bonchev–Trinajstić information content (AvgIpc) is 3.08. The van der Waals surface area contributed by atoms with Gasteiger partial charge in [0.05, 0.1) is 4.91 Å². The molecule has 1 saturated heterocycles. The highest BCUT2D eigenvalue weighted by molar-refractivity contribution is 8.26. The maximum absolute atomic E-state index is 13.2. The second-order valence-electron chi connectivity index (χ2n) is 7.52. The summed E-state index contributed by atoms with van der Waals surface area (Å²) in [6.07, 6.45) is 1.70. The van der Waals surface area contributed by atoms with Crippen molar-refractivity contribution in [1.82, 2.24) is 4.90 Å². The molecule has 1 atom stereocenters. The van der Waals surface area contributed by atoms with E-state index in [0.717, 1.165) is 22.9 Å². The number of thioether (sulfide) groups is 1. The second-order valence-corrected chi connectivity index (χ2v) is 9.19. The van der Waals surface area contributed by atoms with Crippen LogP contribution in [0.5, 0.6) is 5.75 Å². The molecule has 5 nitrogen and oxygen atoms in total. The number of carbonyl (C=O) groups excluding carboxylic acids is 1. The number of rotatable bonds is 7. The number of amides is 1. The monoisotopic (exact) mass is 475 g/mol. The highest BCUT2D eigenvalue weighted by Crippen LogP contribution is 2.39. The molecule has 4 rings (SSSR count). The van der Waals surface area contributed by atoms with E-state index in [2.05, 4.69) is 0 Å². The molecular weight excluding hydrogens is 454 g/mol. The number of nitrogens with zero attached hydrogens (tertiary/aromatic N) is 1. The van der Waals surface area contributed by atoms with Crippen molar-refractivity contribution >= 4 is 46.3 Å². The first kappa shape index (κ1) is 22.8. The van der Waals surface area contributed by atoms with E-state index in [0.29, 0.717) is 22.8 Å². The van der Waals surface area contributed by atoms with Gasteiger partial charge in [-0.3, -0.25) is 9.69 Å². The maximum atomic E-state index is 13.2. The van der Waals surface area contributed by atoms with E-state index in [-0.39, 0.29) is 4.32 Å². The third-order valence-electron chi connectivity index (χ3n) is 5.15. The molecule has 166 valence electrons. The van der Waals surface area contributed by atoms with Crippen LogP contribution >= 0.6 is 24.0 Å². The largest absolute Gasteiger partial charge is 0.488 e. The maximum Gasteiger partial charge on any atom is 0.331 e. The molecule has 1 amide bonds. The van der Waals surface area contributed by atoms with Crippen molar-refractivity contribution in [2.75, 3.05) is 0 Å². The normalized spacial score (nSPS) is 15.7. The first-order valence-corrected chi connectivity index (χ1v) is 11.5. The summed E-state index contributed by atoms with van der Waals surface area (Å²) in [5, 5.41) is 9.84. The Kier molecular flexibility index (Phi) is 6.91. The fourth-order valence-electron chi connectivity index (χ4n) is 3.46. The van der Waals surface area contributed by atoms with Crippen molar-refractivity contribution in [2.45, 2.75) is 19.6 Å². The predicted octanol–water partition coefficient (Wildman–Crippen LogP) is 5.60. The van der Waals surface area contributed by atoms with Crippen LogP contribution in [0.2, 0.25) is 0 Å². The zero-order valence-electron chi connectivity index (χ0n) is 17.8. The van der Waals surface area contributed by atoms with E-state index in [1.54, 1.807) is 36.4 Å². The van der Waals surface area contributed by atoms with Crippen LogP contribution in [0.25, 0.3) is 6.08 Å². The van der Waals surface area contributed by atoms with Gasteiger partial charge in [-0.05, 0) is 30.2 Å². The molecule has 33 heavy (non-hydrogen) atoms. The summed E-state index contributed by atoms with van der Waals surface area (Å²) in [7, 11) is 0. The number of aliphatic carboxylic acids is 1. The van der Waals surface area contributed by atoms with Gasteiger partial charge in [-0.2, -0.15) is 0 Å².